The molecule has 0 radical (unpaired) electrons. The lowest BCUT2D eigenvalue weighted by Crippen LogP contribution is -2.45. The Labute approximate surface area is 147 Å². The second-order valence-corrected chi connectivity index (χ2v) is 7.03. The minimum absolute atomic E-state index is 0.0432. The van der Waals surface area contributed by atoms with E-state index in [1.807, 2.05) is 56.5 Å². The van der Waals surface area contributed by atoms with Crippen molar-refractivity contribution < 1.29 is 9.90 Å². The van der Waals surface area contributed by atoms with E-state index in [1.54, 1.807) is 0 Å². The molecule has 1 aromatic heterocycles. The minimum atomic E-state index is -0.230. The molecule has 6 heteroatoms. The van der Waals surface area contributed by atoms with E-state index in [9.17, 15) is 4.79 Å². The van der Waals surface area contributed by atoms with Crippen LogP contribution in [-0.4, -0.2) is 28.8 Å². The number of nitrogens with one attached hydrogen (secondary N) is 2. The summed E-state index contributed by atoms with van der Waals surface area (Å²) in [5.41, 5.74) is 1.99. The third-order valence-electron chi connectivity index (χ3n) is 3.87. The molecular weight excluding hydrogens is 322 g/mol. The number of urea groups is 1. The summed E-state index contributed by atoms with van der Waals surface area (Å²) in [6, 6.07) is 9.53. The number of benzene rings is 1. The second-order valence-electron chi connectivity index (χ2n) is 6.14. The van der Waals surface area contributed by atoms with Crippen LogP contribution in [0.2, 0.25) is 0 Å². The lowest BCUT2D eigenvalue weighted by atomic mass is 10.0. The summed E-state index contributed by atoms with van der Waals surface area (Å²) in [6.45, 7) is 6.03. The Hall–Kier alpha value is -1.92. The van der Waals surface area contributed by atoms with Crippen LogP contribution < -0.4 is 10.6 Å². The topological polar surface area (TPSA) is 74.2 Å². The van der Waals surface area contributed by atoms with Gasteiger partial charge in [-0.2, -0.15) is 0 Å². The highest BCUT2D eigenvalue weighted by Crippen LogP contribution is 2.25. The fraction of sp³-hybridized carbons (Fsp3) is 0.444. The molecule has 0 spiro atoms. The van der Waals surface area contributed by atoms with Gasteiger partial charge in [0, 0.05) is 23.6 Å². The molecule has 24 heavy (non-hydrogen) atoms. The fourth-order valence-electron chi connectivity index (χ4n) is 2.41. The molecule has 0 saturated heterocycles. The van der Waals surface area contributed by atoms with E-state index in [4.69, 9.17) is 5.11 Å². The Kier molecular flexibility index (Phi) is 6.75. The van der Waals surface area contributed by atoms with Gasteiger partial charge in [-0.3, -0.25) is 0 Å². The van der Waals surface area contributed by atoms with Crippen LogP contribution in [-0.2, 0) is 0 Å². The van der Waals surface area contributed by atoms with E-state index in [2.05, 4.69) is 15.6 Å². The molecule has 0 aliphatic rings. The zero-order chi connectivity index (χ0) is 17.5. The van der Waals surface area contributed by atoms with Crippen molar-refractivity contribution in [1.82, 2.24) is 15.6 Å². The maximum absolute atomic E-state index is 12.2. The van der Waals surface area contributed by atoms with Crippen molar-refractivity contribution in [3.05, 3.63) is 40.7 Å². The number of carbonyl (C=O) groups is 1. The zero-order valence-corrected chi connectivity index (χ0v) is 15.1. The second kappa shape index (κ2) is 8.80. The summed E-state index contributed by atoms with van der Waals surface area (Å²) in [7, 11) is 0. The molecule has 2 unspecified atom stereocenters. The van der Waals surface area contributed by atoms with Crippen molar-refractivity contribution in [2.24, 2.45) is 5.92 Å². The van der Waals surface area contributed by atoms with E-state index >= 15 is 0 Å². The first-order chi connectivity index (χ1) is 11.5. The normalized spacial score (nSPS) is 13.5. The van der Waals surface area contributed by atoms with Gasteiger partial charge in [0.15, 0.2) is 0 Å². The first kappa shape index (κ1) is 18.4. The van der Waals surface area contributed by atoms with Gasteiger partial charge in [-0.25, -0.2) is 9.78 Å². The van der Waals surface area contributed by atoms with Gasteiger partial charge in [-0.1, -0.05) is 44.2 Å². The molecule has 0 saturated carbocycles. The number of amides is 2. The van der Waals surface area contributed by atoms with E-state index in [1.165, 1.54) is 11.3 Å². The van der Waals surface area contributed by atoms with Gasteiger partial charge in [-0.05, 0) is 19.3 Å². The minimum Gasteiger partial charge on any atom is -0.396 e. The summed E-state index contributed by atoms with van der Waals surface area (Å²) in [4.78, 5) is 16.8. The number of thiazole rings is 1. The molecule has 2 amide bonds. The Balaban J connectivity index is 1.96. The number of aliphatic hydroxyl groups is 1. The molecule has 2 atom stereocenters. The Bertz CT molecular complexity index is 643. The van der Waals surface area contributed by atoms with Crippen molar-refractivity contribution >= 4 is 17.4 Å². The van der Waals surface area contributed by atoms with Crippen LogP contribution >= 0.6 is 11.3 Å². The molecule has 1 heterocycles. The quantitative estimate of drug-likeness (QED) is 0.717. The highest BCUT2D eigenvalue weighted by atomic mass is 32.1. The first-order valence-electron chi connectivity index (χ1n) is 8.20. The van der Waals surface area contributed by atoms with Crippen LogP contribution in [0.15, 0.2) is 35.7 Å². The Morgan fingerprint density at radius 2 is 1.92 bits per heavy atom. The van der Waals surface area contributed by atoms with Gasteiger partial charge in [0.1, 0.15) is 5.01 Å². The Morgan fingerprint density at radius 3 is 2.54 bits per heavy atom. The van der Waals surface area contributed by atoms with E-state index in [0.717, 1.165) is 16.3 Å². The number of rotatable bonds is 7. The number of hydrogen-bond donors (Lipinski definition) is 3. The molecule has 1 aromatic carbocycles. The van der Waals surface area contributed by atoms with E-state index < -0.39 is 0 Å². The van der Waals surface area contributed by atoms with Gasteiger partial charge in [0.2, 0.25) is 0 Å². The van der Waals surface area contributed by atoms with Crippen LogP contribution in [0.1, 0.15) is 38.2 Å². The van der Waals surface area contributed by atoms with Crippen molar-refractivity contribution in [1.29, 1.82) is 0 Å². The maximum Gasteiger partial charge on any atom is 0.315 e. The summed E-state index contributed by atoms with van der Waals surface area (Å²) in [6.07, 6.45) is 0.550. The molecule has 0 aliphatic heterocycles. The average Bonchev–Trinajstić information content (AvgIpc) is 3.05. The predicted octanol–water partition coefficient (Wildman–Crippen LogP) is 3.58. The standard InChI is InChI=1S/C18H25N3O2S/c1-12(2)15(9-10-22)21-18(23)19-13(3)17-20-16(11-24-17)14-7-5-4-6-8-14/h4-8,11-13,15,22H,9-10H2,1-3H3,(H2,19,21,23). The molecule has 5 nitrogen and oxygen atoms in total. The van der Waals surface area contributed by atoms with Crippen LogP contribution in [0.25, 0.3) is 11.3 Å². The van der Waals surface area contributed by atoms with Crippen molar-refractivity contribution in [3.63, 3.8) is 0 Å². The number of carbonyl (C=O) groups excluding carboxylic acids is 1. The molecule has 3 N–H and O–H groups in total. The van der Waals surface area contributed by atoms with Crippen molar-refractivity contribution in [2.75, 3.05) is 6.61 Å². The molecule has 2 rings (SSSR count). The molecular formula is C18H25N3O2S. The maximum atomic E-state index is 12.2. The molecule has 130 valence electrons. The highest BCUT2D eigenvalue weighted by Gasteiger charge is 2.18. The van der Waals surface area contributed by atoms with Gasteiger partial charge < -0.3 is 15.7 Å². The van der Waals surface area contributed by atoms with Gasteiger partial charge in [0.05, 0.1) is 11.7 Å². The lowest BCUT2D eigenvalue weighted by molar-refractivity contribution is 0.216. The summed E-state index contributed by atoms with van der Waals surface area (Å²) < 4.78 is 0. The molecule has 0 bridgehead atoms. The third-order valence-corrected chi connectivity index (χ3v) is 4.90. The number of aliphatic hydroxyl groups excluding tert-OH is 1. The first-order valence-corrected chi connectivity index (χ1v) is 9.08. The number of aromatic nitrogens is 1. The van der Waals surface area contributed by atoms with Gasteiger partial charge in [-0.15, -0.1) is 11.3 Å². The zero-order valence-electron chi connectivity index (χ0n) is 14.3. The monoisotopic (exact) mass is 347 g/mol. The Morgan fingerprint density at radius 1 is 1.21 bits per heavy atom. The van der Waals surface area contributed by atoms with Crippen LogP contribution in [0.5, 0.6) is 0 Å². The fourth-order valence-corrected chi connectivity index (χ4v) is 3.24. The number of nitrogens with zero attached hydrogens (tertiary/aromatic N) is 1. The summed E-state index contributed by atoms with van der Waals surface area (Å²) in [5, 5.41) is 17.8. The van der Waals surface area contributed by atoms with Gasteiger partial charge >= 0.3 is 6.03 Å². The SMILES string of the molecule is CC(NC(=O)NC(CCO)C(C)C)c1nc(-c2ccccc2)cs1. The molecule has 2 aromatic rings. The van der Waals surface area contributed by atoms with Crippen molar-refractivity contribution in [3.8, 4) is 11.3 Å². The summed E-state index contributed by atoms with van der Waals surface area (Å²) in [5.74, 6) is 0.266. The number of hydrogen-bond acceptors (Lipinski definition) is 4. The third kappa shape index (κ3) is 5.04. The smallest absolute Gasteiger partial charge is 0.315 e. The van der Waals surface area contributed by atoms with E-state index in [-0.39, 0.29) is 30.6 Å². The van der Waals surface area contributed by atoms with E-state index in [0.29, 0.717) is 6.42 Å². The molecule has 0 fully saturated rings. The van der Waals surface area contributed by atoms with Crippen molar-refractivity contribution in [2.45, 2.75) is 39.3 Å². The van der Waals surface area contributed by atoms with Gasteiger partial charge in [0.25, 0.3) is 0 Å². The molecule has 0 aliphatic carbocycles. The van der Waals surface area contributed by atoms with Crippen LogP contribution in [0.4, 0.5) is 4.79 Å². The summed E-state index contributed by atoms with van der Waals surface area (Å²) >= 11 is 1.54. The largest absolute Gasteiger partial charge is 0.396 e. The van der Waals surface area contributed by atoms with Crippen LogP contribution in [0.3, 0.4) is 0 Å². The predicted molar refractivity (Wildman–Crippen MR) is 98.0 cm³/mol. The highest BCUT2D eigenvalue weighted by molar-refractivity contribution is 7.10. The lowest BCUT2D eigenvalue weighted by Gasteiger charge is -2.22. The van der Waals surface area contributed by atoms with Crippen LogP contribution in [0, 0.1) is 5.92 Å². The average molecular weight is 347 g/mol.